The van der Waals surface area contributed by atoms with E-state index in [4.69, 9.17) is 4.74 Å². The Bertz CT molecular complexity index is 764. The third kappa shape index (κ3) is 1.79. The van der Waals surface area contributed by atoms with E-state index < -0.39 is 0 Å². The van der Waals surface area contributed by atoms with Crippen molar-refractivity contribution in [3.8, 4) is 5.75 Å². The molecule has 1 aromatic heterocycles. The molecule has 1 atom stereocenters. The summed E-state index contributed by atoms with van der Waals surface area (Å²) in [4.78, 5) is 4.39. The number of hydrogen-bond acceptors (Lipinski definition) is 3. The number of hydrogen-bond donors (Lipinski definition) is 1. The van der Waals surface area contributed by atoms with Crippen LogP contribution in [0.5, 0.6) is 5.75 Å². The molecule has 0 aliphatic carbocycles. The minimum Gasteiger partial charge on any atom is -0.491 e. The van der Waals surface area contributed by atoms with Crippen LogP contribution in [0.4, 0.5) is 5.69 Å². The number of rotatable bonds is 2. The highest BCUT2D eigenvalue weighted by Gasteiger charge is 2.23. The molecule has 1 aliphatic rings. The first-order chi connectivity index (χ1) is 9.92. The van der Waals surface area contributed by atoms with E-state index >= 15 is 0 Å². The smallest absolute Gasteiger partial charge is 0.124 e. The molecule has 1 N–H and O–H groups in total. The van der Waals surface area contributed by atoms with Gasteiger partial charge < -0.3 is 10.1 Å². The van der Waals surface area contributed by atoms with Gasteiger partial charge in [0.25, 0.3) is 0 Å². The molecule has 0 radical (unpaired) electrons. The maximum absolute atomic E-state index is 5.72. The first-order valence-corrected chi connectivity index (χ1v) is 6.74. The summed E-state index contributed by atoms with van der Waals surface area (Å²) in [5.74, 6) is 0.975. The highest BCUT2D eigenvalue weighted by Crippen LogP contribution is 2.35. The third-order valence-corrected chi connectivity index (χ3v) is 3.68. The molecule has 4 rings (SSSR count). The van der Waals surface area contributed by atoms with Gasteiger partial charge in [0.2, 0.25) is 0 Å². The highest BCUT2D eigenvalue weighted by molar-refractivity contribution is 5.91. The normalized spacial score (nSPS) is 16.7. The highest BCUT2D eigenvalue weighted by atomic mass is 16.5. The largest absolute Gasteiger partial charge is 0.491 e. The van der Waals surface area contributed by atoms with Crippen molar-refractivity contribution in [1.29, 1.82) is 0 Å². The van der Waals surface area contributed by atoms with Crippen LogP contribution in [0.25, 0.3) is 10.9 Å². The Morgan fingerprint density at radius 2 is 1.85 bits per heavy atom. The van der Waals surface area contributed by atoms with Gasteiger partial charge in [-0.05, 0) is 18.2 Å². The maximum Gasteiger partial charge on any atom is 0.124 e. The van der Waals surface area contributed by atoms with Gasteiger partial charge >= 0.3 is 0 Å². The number of anilines is 1. The van der Waals surface area contributed by atoms with E-state index in [1.807, 2.05) is 48.7 Å². The van der Waals surface area contributed by atoms with Crippen LogP contribution in [0.1, 0.15) is 11.6 Å². The zero-order valence-corrected chi connectivity index (χ0v) is 10.9. The predicted octanol–water partition coefficient (Wildman–Crippen LogP) is 3.78. The summed E-state index contributed by atoms with van der Waals surface area (Å²) in [6.45, 7) is 0.663. The molecule has 3 heteroatoms. The van der Waals surface area contributed by atoms with Gasteiger partial charge in [-0.3, -0.25) is 4.98 Å². The van der Waals surface area contributed by atoms with E-state index in [0.29, 0.717) is 6.61 Å². The van der Waals surface area contributed by atoms with E-state index in [-0.39, 0.29) is 6.04 Å². The lowest BCUT2D eigenvalue weighted by atomic mass is 10.1. The minimum absolute atomic E-state index is 0.192. The van der Waals surface area contributed by atoms with E-state index in [2.05, 4.69) is 22.4 Å². The van der Waals surface area contributed by atoms with Crippen molar-refractivity contribution in [1.82, 2.24) is 4.98 Å². The monoisotopic (exact) mass is 262 g/mol. The molecule has 0 saturated heterocycles. The summed E-state index contributed by atoms with van der Waals surface area (Å²) >= 11 is 0. The van der Waals surface area contributed by atoms with Gasteiger partial charge in [0, 0.05) is 22.8 Å². The maximum atomic E-state index is 5.72. The van der Waals surface area contributed by atoms with Crippen molar-refractivity contribution in [3.05, 3.63) is 66.4 Å². The number of nitrogens with zero attached hydrogens (tertiary/aromatic N) is 1. The first-order valence-electron chi connectivity index (χ1n) is 6.74. The first kappa shape index (κ1) is 11.3. The molecular weight excluding hydrogens is 248 g/mol. The molecule has 98 valence electrons. The molecule has 0 bridgehead atoms. The number of ether oxygens (including phenoxy) is 1. The fourth-order valence-corrected chi connectivity index (χ4v) is 2.69. The second-order valence-corrected chi connectivity index (χ2v) is 4.92. The van der Waals surface area contributed by atoms with Crippen LogP contribution in [0.15, 0.2) is 60.8 Å². The third-order valence-electron chi connectivity index (χ3n) is 3.68. The van der Waals surface area contributed by atoms with Gasteiger partial charge in [0.15, 0.2) is 0 Å². The van der Waals surface area contributed by atoms with Crippen molar-refractivity contribution in [3.63, 3.8) is 0 Å². The minimum atomic E-state index is 0.192. The molecule has 3 aromatic rings. The predicted molar refractivity (Wildman–Crippen MR) is 80.0 cm³/mol. The molecule has 1 aliphatic heterocycles. The fourth-order valence-electron chi connectivity index (χ4n) is 2.69. The molecule has 2 aromatic carbocycles. The van der Waals surface area contributed by atoms with Gasteiger partial charge in [-0.1, -0.05) is 36.4 Å². The van der Waals surface area contributed by atoms with Crippen molar-refractivity contribution in [2.75, 3.05) is 11.9 Å². The molecule has 2 heterocycles. The molecule has 1 unspecified atom stereocenters. The van der Waals surface area contributed by atoms with Crippen molar-refractivity contribution in [2.45, 2.75) is 6.04 Å². The van der Waals surface area contributed by atoms with Crippen molar-refractivity contribution >= 4 is 16.6 Å². The average molecular weight is 262 g/mol. The lowest BCUT2D eigenvalue weighted by molar-refractivity contribution is 0.340. The molecule has 0 saturated carbocycles. The summed E-state index contributed by atoms with van der Waals surface area (Å²) in [5, 5.41) is 4.71. The Morgan fingerprint density at radius 3 is 2.85 bits per heavy atom. The number of benzene rings is 2. The number of nitrogens with one attached hydrogen (secondary N) is 1. The SMILES string of the molecule is c1ccc2c(c1)OCC2Nc1ccnc2ccccc12. The Labute approximate surface area is 117 Å². The van der Waals surface area contributed by atoms with Crippen molar-refractivity contribution < 1.29 is 4.74 Å². The van der Waals surface area contributed by atoms with Crippen LogP contribution in [0, 0.1) is 0 Å². The van der Waals surface area contributed by atoms with Crippen LogP contribution >= 0.6 is 0 Å². The second-order valence-electron chi connectivity index (χ2n) is 4.92. The molecule has 0 amide bonds. The quantitative estimate of drug-likeness (QED) is 0.763. The Balaban J connectivity index is 1.73. The number of pyridine rings is 1. The van der Waals surface area contributed by atoms with E-state index in [1.165, 1.54) is 5.56 Å². The number of para-hydroxylation sites is 2. The molecule has 20 heavy (non-hydrogen) atoms. The summed E-state index contributed by atoms with van der Waals surface area (Å²) in [6.07, 6.45) is 1.84. The van der Waals surface area contributed by atoms with Gasteiger partial charge in [-0.25, -0.2) is 0 Å². The van der Waals surface area contributed by atoms with Crippen LogP contribution in [0.3, 0.4) is 0 Å². The molecule has 0 fully saturated rings. The van der Waals surface area contributed by atoms with Crippen LogP contribution in [-0.4, -0.2) is 11.6 Å². The van der Waals surface area contributed by atoms with Gasteiger partial charge in [0.1, 0.15) is 12.4 Å². The Morgan fingerprint density at radius 1 is 1.00 bits per heavy atom. The van der Waals surface area contributed by atoms with E-state index in [0.717, 1.165) is 22.3 Å². The standard InChI is InChI=1S/C17H14N2O/c1-3-7-14-12(5-1)15(9-10-18-14)19-16-11-20-17-8-4-2-6-13(16)17/h1-10,16H,11H2,(H,18,19). The average Bonchev–Trinajstić information content (AvgIpc) is 2.91. The Kier molecular flexibility index (Phi) is 2.56. The lowest BCUT2D eigenvalue weighted by Gasteiger charge is -2.15. The van der Waals surface area contributed by atoms with Crippen LogP contribution < -0.4 is 10.1 Å². The number of fused-ring (bicyclic) bond motifs is 2. The lowest BCUT2D eigenvalue weighted by Crippen LogP contribution is -2.12. The van der Waals surface area contributed by atoms with Gasteiger partial charge in [-0.2, -0.15) is 0 Å². The zero-order valence-electron chi connectivity index (χ0n) is 10.9. The van der Waals surface area contributed by atoms with Crippen LogP contribution in [-0.2, 0) is 0 Å². The molecule has 3 nitrogen and oxygen atoms in total. The number of aromatic nitrogens is 1. The van der Waals surface area contributed by atoms with Gasteiger partial charge in [0.05, 0.1) is 11.6 Å². The summed E-state index contributed by atoms with van der Waals surface area (Å²) in [5.41, 5.74) is 3.32. The van der Waals surface area contributed by atoms with Gasteiger partial charge in [-0.15, -0.1) is 0 Å². The topological polar surface area (TPSA) is 34.1 Å². The zero-order chi connectivity index (χ0) is 13.4. The fraction of sp³-hybridized carbons (Fsp3) is 0.118. The second kappa shape index (κ2) is 4.53. The molecule has 0 spiro atoms. The Hall–Kier alpha value is -2.55. The van der Waals surface area contributed by atoms with Crippen molar-refractivity contribution in [2.24, 2.45) is 0 Å². The van der Waals surface area contributed by atoms with E-state index in [1.54, 1.807) is 0 Å². The molecular formula is C17H14N2O. The summed E-state index contributed by atoms with van der Waals surface area (Å²) in [6, 6.07) is 18.6. The summed E-state index contributed by atoms with van der Waals surface area (Å²) in [7, 11) is 0. The summed E-state index contributed by atoms with van der Waals surface area (Å²) < 4.78 is 5.72. The van der Waals surface area contributed by atoms with Crippen LogP contribution in [0.2, 0.25) is 0 Å². The van der Waals surface area contributed by atoms with E-state index in [9.17, 15) is 0 Å².